The highest BCUT2D eigenvalue weighted by Crippen LogP contribution is 2.27. The molecule has 136 valence electrons. The maximum atomic E-state index is 14.6. The molecule has 1 aromatic heterocycles. The maximum Gasteiger partial charge on any atom is 0.414 e. The molecule has 0 radical (unpaired) electrons. The van der Waals surface area contributed by atoms with Gasteiger partial charge in [-0.2, -0.15) is 0 Å². The Morgan fingerprint density at radius 2 is 1.85 bits per heavy atom. The lowest BCUT2D eigenvalue weighted by atomic mass is 10.1. The third-order valence-electron chi connectivity index (χ3n) is 3.99. The minimum absolute atomic E-state index is 0.144. The quantitative estimate of drug-likeness (QED) is 0.565. The van der Waals surface area contributed by atoms with Crippen LogP contribution in [0.5, 0.6) is 0 Å². The van der Waals surface area contributed by atoms with E-state index in [-0.39, 0.29) is 13.2 Å². The van der Waals surface area contributed by atoms with Crippen molar-refractivity contribution in [2.75, 3.05) is 11.4 Å². The average molecular weight is 362 g/mol. The third-order valence-corrected chi connectivity index (χ3v) is 3.99. The molecule has 0 aliphatic rings. The van der Waals surface area contributed by atoms with E-state index in [1.807, 2.05) is 30.3 Å². The molecule has 0 fully saturated rings. The first kappa shape index (κ1) is 18.3. The van der Waals surface area contributed by atoms with Crippen molar-refractivity contribution in [3.63, 3.8) is 0 Å². The molecule has 27 heavy (non-hydrogen) atoms. The minimum atomic E-state index is -0.560. The number of carbonyl (C=O) groups excluding carboxylic acids is 1. The molecule has 0 N–H and O–H groups in total. The summed E-state index contributed by atoms with van der Waals surface area (Å²) >= 11 is 0. The van der Waals surface area contributed by atoms with Crippen LogP contribution >= 0.6 is 0 Å². The van der Waals surface area contributed by atoms with Crippen molar-refractivity contribution >= 4 is 11.8 Å². The molecule has 2 aromatic carbocycles. The van der Waals surface area contributed by atoms with Gasteiger partial charge in [-0.3, -0.25) is 9.88 Å². The van der Waals surface area contributed by atoms with Crippen molar-refractivity contribution in [3.8, 4) is 11.1 Å². The summed E-state index contributed by atoms with van der Waals surface area (Å²) < 4.78 is 20.0. The van der Waals surface area contributed by atoms with Gasteiger partial charge in [0.2, 0.25) is 0 Å². The number of nitrogens with zero attached hydrogens (tertiary/aromatic N) is 2. The van der Waals surface area contributed by atoms with Crippen LogP contribution in [-0.4, -0.2) is 17.6 Å². The molecule has 0 unspecified atom stereocenters. The van der Waals surface area contributed by atoms with Gasteiger partial charge >= 0.3 is 6.09 Å². The Morgan fingerprint density at radius 1 is 1.11 bits per heavy atom. The molecule has 4 nitrogen and oxygen atoms in total. The number of amides is 1. The highest BCUT2D eigenvalue weighted by Gasteiger charge is 2.18. The van der Waals surface area contributed by atoms with Crippen LogP contribution in [-0.2, 0) is 11.3 Å². The van der Waals surface area contributed by atoms with Gasteiger partial charge in [0, 0.05) is 24.5 Å². The highest BCUT2D eigenvalue weighted by molar-refractivity contribution is 5.88. The van der Waals surface area contributed by atoms with E-state index >= 15 is 0 Å². The number of anilines is 1. The Morgan fingerprint density at radius 3 is 2.52 bits per heavy atom. The topological polar surface area (TPSA) is 42.4 Å². The molecule has 3 aromatic rings. The summed E-state index contributed by atoms with van der Waals surface area (Å²) in [6.45, 7) is 4.02. The van der Waals surface area contributed by atoms with E-state index in [4.69, 9.17) is 4.74 Å². The lowest BCUT2D eigenvalue weighted by Gasteiger charge is -2.21. The summed E-state index contributed by atoms with van der Waals surface area (Å²) in [7, 11) is 0. The second kappa shape index (κ2) is 8.76. The van der Waals surface area contributed by atoms with Crippen molar-refractivity contribution in [1.82, 2.24) is 4.98 Å². The summed E-state index contributed by atoms with van der Waals surface area (Å²) in [5.74, 6) is -0.427. The third kappa shape index (κ3) is 4.58. The number of aromatic nitrogens is 1. The standard InChI is InChI=1S/C22H19FN2O2/c1-2-14-25(22(26)27-16-17-6-4-3-5-7-17)19-8-9-20(21(23)15-19)18-10-12-24-13-11-18/h2-13,15H,1,14,16H2. The van der Waals surface area contributed by atoms with Crippen LogP contribution in [0.1, 0.15) is 5.56 Å². The zero-order valence-corrected chi connectivity index (χ0v) is 14.7. The number of ether oxygens (including phenoxy) is 1. The first-order valence-corrected chi connectivity index (χ1v) is 8.48. The van der Waals surface area contributed by atoms with Gasteiger partial charge in [0.05, 0.1) is 5.69 Å². The van der Waals surface area contributed by atoms with Crippen molar-refractivity contribution < 1.29 is 13.9 Å². The lowest BCUT2D eigenvalue weighted by molar-refractivity contribution is 0.148. The van der Waals surface area contributed by atoms with Gasteiger partial charge in [0.1, 0.15) is 12.4 Å². The smallest absolute Gasteiger partial charge is 0.414 e. The fraction of sp³-hybridized carbons (Fsp3) is 0.0909. The van der Waals surface area contributed by atoms with Crippen LogP contribution in [0.25, 0.3) is 11.1 Å². The van der Waals surface area contributed by atoms with Crippen LogP contribution in [0, 0.1) is 5.82 Å². The average Bonchev–Trinajstić information content (AvgIpc) is 2.71. The largest absolute Gasteiger partial charge is 0.444 e. The predicted molar refractivity (Wildman–Crippen MR) is 104 cm³/mol. The van der Waals surface area contributed by atoms with E-state index in [1.165, 1.54) is 11.0 Å². The van der Waals surface area contributed by atoms with Crippen LogP contribution in [0.2, 0.25) is 0 Å². The minimum Gasteiger partial charge on any atom is -0.444 e. The maximum absolute atomic E-state index is 14.6. The Bertz CT molecular complexity index is 914. The molecule has 1 amide bonds. The van der Waals surface area contributed by atoms with Crippen LogP contribution in [0.4, 0.5) is 14.9 Å². The van der Waals surface area contributed by atoms with E-state index in [0.29, 0.717) is 11.3 Å². The molecule has 0 bridgehead atoms. The van der Waals surface area contributed by atoms with E-state index in [2.05, 4.69) is 11.6 Å². The lowest BCUT2D eigenvalue weighted by Crippen LogP contribution is -2.31. The van der Waals surface area contributed by atoms with Gasteiger partial charge in [-0.15, -0.1) is 6.58 Å². The Balaban J connectivity index is 1.79. The number of benzene rings is 2. The van der Waals surface area contributed by atoms with Gasteiger partial charge in [-0.05, 0) is 41.5 Å². The van der Waals surface area contributed by atoms with Crippen molar-refractivity contribution in [3.05, 3.63) is 97.1 Å². The summed E-state index contributed by atoms with van der Waals surface area (Å²) in [6, 6.07) is 17.5. The summed E-state index contributed by atoms with van der Waals surface area (Å²) in [5, 5.41) is 0. The SMILES string of the molecule is C=CCN(C(=O)OCc1ccccc1)c1ccc(-c2ccncc2)c(F)c1. The first-order chi connectivity index (χ1) is 13.2. The monoisotopic (exact) mass is 362 g/mol. The highest BCUT2D eigenvalue weighted by atomic mass is 19.1. The van der Waals surface area contributed by atoms with Gasteiger partial charge in [-0.25, -0.2) is 9.18 Å². The van der Waals surface area contributed by atoms with Crippen molar-refractivity contribution in [2.24, 2.45) is 0 Å². The van der Waals surface area contributed by atoms with Gasteiger partial charge in [0.15, 0.2) is 0 Å². The first-order valence-electron chi connectivity index (χ1n) is 8.48. The Labute approximate surface area is 157 Å². The molecule has 1 heterocycles. The summed E-state index contributed by atoms with van der Waals surface area (Å²) in [4.78, 5) is 17.8. The Kier molecular flexibility index (Phi) is 5.94. The zero-order valence-electron chi connectivity index (χ0n) is 14.7. The van der Waals surface area contributed by atoms with Gasteiger partial charge in [-0.1, -0.05) is 36.4 Å². The number of pyridine rings is 1. The number of carbonyl (C=O) groups is 1. The molecule has 3 rings (SSSR count). The van der Waals surface area contributed by atoms with Gasteiger partial charge < -0.3 is 4.74 Å². The molecule has 5 heteroatoms. The normalized spacial score (nSPS) is 10.3. The molecule has 0 aliphatic heterocycles. The molecule has 0 saturated heterocycles. The molecule has 0 saturated carbocycles. The summed E-state index contributed by atoms with van der Waals surface area (Å²) in [6.07, 6.45) is 4.22. The Hall–Kier alpha value is -3.47. The summed E-state index contributed by atoms with van der Waals surface area (Å²) in [5.41, 5.74) is 2.44. The van der Waals surface area contributed by atoms with E-state index in [0.717, 1.165) is 11.1 Å². The number of rotatable bonds is 6. The number of halogens is 1. The van der Waals surface area contributed by atoms with Crippen LogP contribution < -0.4 is 4.90 Å². The van der Waals surface area contributed by atoms with E-state index in [9.17, 15) is 9.18 Å². The molecule has 0 spiro atoms. The predicted octanol–water partition coefficient (Wildman–Crippen LogP) is 5.22. The number of hydrogen-bond acceptors (Lipinski definition) is 3. The molecular weight excluding hydrogens is 343 g/mol. The van der Waals surface area contributed by atoms with Crippen LogP contribution in [0.3, 0.4) is 0 Å². The van der Waals surface area contributed by atoms with Gasteiger partial charge in [0.25, 0.3) is 0 Å². The zero-order chi connectivity index (χ0) is 19.1. The molecular formula is C22H19FN2O2. The van der Waals surface area contributed by atoms with Crippen molar-refractivity contribution in [2.45, 2.75) is 6.61 Å². The fourth-order valence-electron chi connectivity index (χ4n) is 2.65. The fourth-order valence-corrected chi connectivity index (χ4v) is 2.65. The molecule has 0 aliphatic carbocycles. The second-order valence-corrected chi connectivity index (χ2v) is 5.84. The van der Waals surface area contributed by atoms with Crippen molar-refractivity contribution in [1.29, 1.82) is 0 Å². The van der Waals surface area contributed by atoms with E-state index < -0.39 is 11.9 Å². The van der Waals surface area contributed by atoms with E-state index in [1.54, 1.807) is 42.7 Å². The second-order valence-electron chi connectivity index (χ2n) is 5.84. The van der Waals surface area contributed by atoms with Crippen LogP contribution in [0.15, 0.2) is 85.7 Å². The number of hydrogen-bond donors (Lipinski definition) is 0. The molecule has 0 atom stereocenters.